The summed E-state index contributed by atoms with van der Waals surface area (Å²) in [7, 11) is -4.32. The summed E-state index contributed by atoms with van der Waals surface area (Å²) in [5.74, 6) is -1.07. The molecule has 1 aliphatic rings. The molecule has 2 heterocycles. The van der Waals surface area contributed by atoms with E-state index in [4.69, 9.17) is 4.42 Å². The molecule has 0 aliphatic carbocycles. The van der Waals surface area contributed by atoms with Crippen molar-refractivity contribution in [3.8, 4) is 0 Å². The van der Waals surface area contributed by atoms with Gasteiger partial charge in [-0.3, -0.25) is 9.59 Å². The van der Waals surface area contributed by atoms with Gasteiger partial charge in [-0.2, -0.15) is 8.42 Å². The summed E-state index contributed by atoms with van der Waals surface area (Å²) in [6, 6.07) is 22.0. The van der Waals surface area contributed by atoms with E-state index in [1.165, 1.54) is 12.5 Å². The molecule has 0 saturated carbocycles. The number of hydrogen-bond acceptors (Lipinski definition) is 6. The van der Waals surface area contributed by atoms with Crippen LogP contribution in [0.2, 0.25) is 0 Å². The topological polar surface area (TPSA) is 99.9 Å². The van der Waals surface area contributed by atoms with E-state index in [1.54, 1.807) is 12.1 Å². The maximum absolute atomic E-state index is 13.3. The average molecular weight is 480 g/mol. The number of nitrogens with zero attached hydrogens (tertiary/aromatic N) is 2. The first-order chi connectivity index (χ1) is 16.5. The highest BCUT2D eigenvalue weighted by Crippen LogP contribution is 2.23. The second-order valence-electron chi connectivity index (χ2n) is 7.75. The van der Waals surface area contributed by atoms with Gasteiger partial charge in [0.05, 0.1) is 12.8 Å². The third-order valence-corrected chi connectivity index (χ3v) is 7.28. The minimum Gasteiger partial charge on any atom is -0.467 e. The standard InChI is InChI=1S/C25H25N3O5S/c29-24-23(19-26-18-22-12-7-17-33-22)25(30)28(16-14-21-10-5-2-6-11-21)34(31,32)27(24)15-13-20-8-3-1-4-9-20/h1-12,17,19,26H,13-16,18H2. The molecule has 1 N–H and O–H groups in total. The second-order valence-corrected chi connectivity index (χ2v) is 9.53. The van der Waals surface area contributed by atoms with Crippen LogP contribution in [0.25, 0.3) is 0 Å². The molecule has 2 amide bonds. The van der Waals surface area contributed by atoms with Crippen molar-refractivity contribution in [2.45, 2.75) is 19.4 Å². The van der Waals surface area contributed by atoms with Crippen molar-refractivity contribution in [2.24, 2.45) is 0 Å². The second kappa shape index (κ2) is 10.4. The van der Waals surface area contributed by atoms with Crippen molar-refractivity contribution in [3.63, 3.8) is 0 Å². The molecule has 0 atom stereocenters. The van der Waals surface area contributed by atoms with Gasteiger partial charge in [-0.05, 0) is 36.1 Å². The highest BCUT2D eigenvalue weighted by Gasteiger charge is 2.46. The summed E-state index contributed by atoms with van der Waals surface area (Å²) in [4.78, 5) is 26.3. The van der Waals surface area contributed by atoms with Crippen molar-refractivity contribution >= 4 is 22.0 Å². The Morgan fingerprint density at radius 1 is 0.765 bits per heavy atom. The number of rotatable bonds is 9. The Morgan fingerprint density at radius 2 is 1.29 bits per heavy atom. The van der Waals surface area contributed by atoms with Crippen LogP contribution in [0.1, 0.15) is 16.9 Å². The third-order valence-electron chi connectivity index (χ3n) is 5.47. The largest absolute Gasteiger partial charge is 0.467 e. The minimum atomic E-state index is -4.32. The highest BCUT2D eigenvalue weighted by atomic mass is 32.2. The number of carbonyl (C=O) groups excluding carboxylic acids is 2. The lowest BCUT2D eigenvalue weighted by molar-refractivity contribution is -0.131. The Kier molecular flexibility index (Phi) is 7.12. The first-order valence-corrected chi connectivity index (χ1v) is 12.3. The quantitative estimate of drug-likeness (QED) is 0.374. The van der Waals surface area contributed by atoms with Crippen molar-refractivity contribution in [1.29, 1.82) is 0 Å². The molecule has 4 rings (SSSR count). The third kappa shape index (κ3) is 5.20. The summed E-state index contributed by atoms with van der Waals surface area (Å²) in [6.45, 7) is 0.101. The zero-order chi connectivity index (χ0) is 24.0. The summed E-state index contributed by atoms with van der Waals surface area (Å²) in [5, 5.41) is 2.89. The van der Waals surface area contributed by atoms with E-state index in [2.05, 4.69) is 5.32 Å². The molecule has 1 saturated heterocycles. The van der Waals surface area contributed by atoms with Crippen LogP contribution in [0.15, 0.2) is 95.2 Å². The smallest absolute Gasteiger partial charge is 0.331 e. The van der Waals surface area contributed by atoms with Crippen molar-refractivity contribution < 1.29 is 22.4 Å². The monoisotopic (exact) mass is 479 g/mol. The van der Waals surface area contributed by atoms with Crippen LogP contribution in [-0.2, 0) is 39.2 Å². The van der Waals surface area contributed by atoms with Gasteiger partial charge in [0.1, 0.15) is 11.3 Å². The number of furan rings is 1. The van der Waals surface area contributed by atoms with Crippen LogP contribution in [0.3, 0.4) is 0 Å². The number of hydrogen-bond donors (Lipinski definition) is 1. The lowest BCUT2D eigenvalue weighted by Gasteiger charge is -2.35. The summed E-state index contributed by atoms with van der Waals surface area (Å²) >= 11 is 0. The van der Waals surface area contributed by atoms with E-state index in [1.807, 2.05) is 60.7 Å². The molecule has 9 heteroatoms. The van der Waals surface area contributed by atoms with Gasteiger partial charge in [0, 0.05) is 19.3 Å². The van der Waals surface area contributed by atoms with Crippen LogP contribution >= 0.6 is 0 Å². The molecule has 0 spiro atoms. The van der Waals surface area contributed by atoms with E-state index in [9.17, 15) is 18.0 Å². The van der Waals surface area contributed by atoms with Gasteiger partial charge in [-0.25, -0.2) is 8.61 Å². The van der Waals surface area contributed by atoms with Gasteiger partial charge >= 0.3 is 10.2 Å². The van der Waals surface area contributed by atoms with Gasteiger partial charge in [-0.15, -0.1) is 0 Å². The van der Waals surface area contributed by atoms with Crippen LogP contribution in [0.4, 0.5) is 0 Å². The summed E-state index contributed by atoms with van der Waals surface area (Å²) in [5.41, 5.74) is 1.54. The Balaban J connectivity index is 1.58. The summed E-state index contributed by atoms with van der Waals surface area (Å²) in [6.07, 6.45) is 3.45. The van der Waals surface area contributed by atoms with Crippen LogP contribution in [0, 0.1) is 0 Å². The van der Waals surface area contributed by atoms with Gasteiger partial charge in [-0.1, -0.05) is 60.7 Å². The zero-order valence-electron chi connectivity index (χ0n) is 18.5. The lowest BCUT2D eigenvalue weighted by atomic mass is 10.1. The molecule has 8 nitrogen and oxygen atoms in total. The molecule has 0 radical (unpaired) electrons. The molecule has 2 aromatic carbocycles. The lowest BCUT2D eigenvalue weighted by Crippen LogP contribution is -2.57. The van der Waals surface area contributed by atoms with Gasteiger partial charge in [0.25, 0.3) is 11.8 Å². The molecule has 3 aromatic rings. The molecule has 1 fully saturated rings. The zero-order valence-corrected chi connectivity index (χ0v) is 19.3. The highest BCUT2D eigenvalue weighted by molar-refractivity contribution is 7.88. The molecular formula is C25H25N3O5S. The molecule has 1 aliphatic heterocycles. The fraction of sp³-hybridized carbons (Fsp3) is 0.200. The maximum Gasteiger partial charge on any atom is 0.331 e. The van der Waals surface area contributed by atoms with Crippen molar-refractivity contribution in [2.75, 3.05) is 13.1 Å². The van der Waals surface area contributed by atoms with Crippen LogP contribution < -0.4 is 5.32 Å². The Labute approximate surface area is 198 Å². The van der Waals surface area contributed by atoms with Gasteiger partial charge in [0.15, 0.2) is 0 Å². The normalized spacial score (nSPS) is 15.5. The fourth-order valence-electron chi connectivity index (χ4n) is 3.66. The van der Waals surface area contributed by atoms with E-state index in [-0.39, 0.29) is 25.2 Å². The van der Waals surface area contributed by atoms with Crippen LogP contribution in [0.5, 0.6) is 0 Å². The molecule has 176 valence electrons. The van der Waals surface area contributed by atoms with Gasteiger partial charge < -0.3 is 9.73 Å². The predicted molar refractivity (Wildman–Crippen MR) is 126 cm³/mol. The van der Waals surface area contributed by atoms with E-state index in [0.717, 1.165) is 19.7 Å². The SMILES string of the molecule is O=C1C(=CNCc2ccco2)C(=O)N(CCc2ccccc2)S(=O)(=O)N1CCc1ccccc1. The Morgan fingerprint density at radius 3 is 1.76 bits per heavy atom. The van der Waals surface area contributed by atoms with Crippen molar-refractivity contribution in [3.05, 3.63) is 108 Å². The molecule has 34 heavy (non-hydrogen) atoms. The fourth-order valence-corrected chi connectivity index (χ4v) is 5.16. The summed E-state index contributed by atoms with van der Waals surface area (Å²) < 4.78 is 33.5. The molecular weight excluding hydrogens is 454 g/mol. The first kappa shape index (κ1) is 23.3. The number of carbonyl (C=O) groups is 2. The molecule has 0 unspecified atom stereocenters. The van der Waals surface area contributed by atoms with E-state index in [0.29, 0.717) is 18.6 Å². The van der Waals surface area contributed by atoms with Gasteiger partial charge in [0.2, 0.25) is 0 Å². The first-order valence-electron chi connectivity index (χ1n) is 10.9. The Hall–Kier alpha value is -3.85. The van der Waals surface area contributed by atoms with Crippen molar-refractivity contribution in [1.82, 2.24) is 13.9 Å². The van der Waals surface area contributed by atoms with E-state index >= 15 is 0 Å². The Bertz CT molecular complexity index is 1180. The molecule has 0 bridgehead atoms. The van der Waals surface area contributed by atoms with E-state index < -0.39 is 22.0 Å². The number of benzene rings is 2. The number of nitrogens with one attached hydrogen (secondary N) is 1. The predicted octanol–water partition coefficient (Wildman–Crippen LogP) is 2.65. The molecule has 1 aromatic heterocycles. The van der Waals surface area contributed by atoms with Crippen LogP contribution in [-0.4, -0.2) is 41.9 Å². The average Bonchev–Trinajstić information content (AvgIpc) is 3.36. The minimum absolute atomic E-state index is 0.0736. The maximum atomic E-state index is 13.3. The number of amides is 2.